The van der Waals surface area contributed by atoms with Gasteiger partial charge in [0.2, 0.25) is 0 Å². The van der Waals surface area contributed by atoms with E-state index < -0.39 is 17.8 Å². The third-order valence-electron chi connectivity index (χ3n) is 4.13. The third kappa shape index (κ3) is 4.70. The highest BCUT2D eigenvalue weighted by Gasteiger charge is 2.37. The van der Waals surface area contributed by atoms with E-state index in [0.29, 0.717) is 17.0 Å². The van der Waals surface area contributed by atoms with Crippen LogP contribution in [0.5, 0.6) is 5.75 Å². The summed E-state index contributed by atoms with van der Waals surface area (Å²) in [5, 5.41) is 2.23. The van der Waals surface area contributed by atoms with Crippen LogP contribution >= 0.6 is 61.1 Å². The Labute approximate surface area is 208 Å². The monoisotopic (exact) mass is 690 g/mol. The van der Waals surface area contributed by atoms with Gasteiger partial charge in [-0.3, -0.25) is 14.9 Å². The lowest BCUT2D eigenvalue weighted by atomic mass is 10.1. The number of halogens is 3. The summed E-state index contributed by atoms with van der Waals surface area (Å²) in [7, 11) is 0. The van der Waals surface area contributed by atoms with Crippen LogP contribution < -0.4 is 15.0 Å². The number of barbiturate groups is 1. The fourth-order valence-corrected chi connectivity index (χ4v) is 5.12. The molecular formula is C21H13BrI2N2O4. The van der Waals surface area contributed by atoms with Crippen molar-refractivity contribution in [2.24, 2.45) is 0 Å². The van der Waals surface area contributed by atoms with Crippen LogP contribution in [-0.2, 0) is 9.59 Å². The summed E-state index contributed by atoms with van der Waals surface area (Å²) < 4.78 is 7.94. The molecule has 4 amide bonds. The molecule has 0 aliphatic carbocycles. The van der Waals surface area contributed by atoms with Crippen molar-refractivity contribution in [2.45, 2.75) is 6.92 Å². The van der Waals surface area contributed by atoms with E-state index in [1.165, 1.54) is 6.08 Å². The van der Waals surface area contributed by atoms with Gasteiger partial charge in [0.15, 0.2) is 0 Å². The van der Waals surface area contributed by atoms with E-state index in [1.807, 2.05) is 6.92 Å². The Bertz CT molecular complexity index is 1130. The van der Waals surface area contributed by atoms with E-state index in [0.717, 1.165) is 22.1 Å². The van der Waals surface area contributed by atoms with Crippen LogP contribution in [0, 0.1) is 26.4 Å². The standard InChI is InChI=1S/C21H13BrI2N2O4/c1-3-6-30-18-16(23)9-12(10-17(18)24)8-14-19(27)25-21(29)26(20(14)28)13-4-5-15(22)11(2)7-13/h1,4-5,7-10H,6H2,2H3,(H,25,27,29)/b14-8+. The van der Waals surface area contributed by atoms with Crippen LogP contribution in [0.3, 0.4) is 0 Å². The van der Waals surface area contributed by atoms with E-state index in [2.05, 4.69) is 72.3 Å². The van der Waals surface area contributed by atoms with Crippen molar-refractivity contribution in [3.8, 4) is 18.1 Å². The van der Waals surface area contributed by atoms with E-state index in [-0.39, 0.29) is 12.2 Å². The summed E-state index contributed by atoms with van der Waals surface area (Å²) in [6.07, 6.45) is 6.70. The minimum atomic E-state index is -0.786. The quantitative estimate of drug-likeness (QED) is 0.220. The van der Waals surface area contributed by atoms with Gasteiger partial charge < -0.3 is 4.74 Å². The number of terminal acetylenes is 1. The average Bonchev–Trinajstić information content (AvgIpc) is 2.67. The Morgan fingerprint density at radius 1 is 1.20 bits per heavy atom. The molecular weight excluding hydrogens is 678 g/mol. The maximum absolute atomic E-state index is 13.0. The highest BCUT2D eigenvalue weighted by molar-refractivity contribution is 14.1. The Morgan fingerprint density at radius 2 is 1.87 bits per heavy atom. The van der Waals surface area contributed by atoms with Gasteiger partial charge in [-0.05, 0) is 99.6 Å². The molecule has 0 spiro atoms. The predicted molar refractivity (Wildman–Crippen MR) is 134 cm³/mol. The molecule has 152 valence electrons. The first-order valence-corrected chi connectivity index (χ1v) is 11.4. The Balaban J connectivity index is 2.00. The summed E-state index contributed by atoms with van der Waals surface area (Å²) in [4.78, 5) is 38.7. The van der Waals surface area contributed by atoms with Crippen molar-refractivity contribution in [1.29, 1.82) is 0 Å². The van der Waals surface area contributed by atoms with E-state index in [9.17, 15) is 14.4 Å². The molecule has 2 aromatic carbocycles. The first kappa shape index (κ1) is 22.8. The van der Waals surface area contributed by atoms with Gasteiger partial charge in [-0.2, -0.15) is 0 Å². The lowest BCUT2D eigenvalue weighted by Gasteiger charge is -2.26. The van der Waals surface area contributed by atoms with Crippen molar-refractivity contribution in [3.05, 3.63) is 58.6 Å². The van der Waals surface area contributed by atoms with E-state index in [1.54, 1.807) is 30.3 Å². The molecule has 0 bridgehead atoms. The Morgan fingerprint density at radius 3 is 2.47 bits per heavy atom. The number of hydrogen-bond acceptors (Lipinski definition) is 4. The van der Waals surface area contributed by atoms with Gasteiger partial charge in [0.1, 0.15) is 17.9 Å². The molecule has 30 heavy (non-hydrogen) atoms. The molecule has 0 unspecified atom stereocenters. The number of urea groups is 1. The Kier molecular flexibility index (Phi) is 7.20. The van der Waals surface area contributed by atoms with Crippen molar-refractivity contribution < 1.29 is 19.1 Å². The zero-order valence-corrected chi connectivity index (χ0v) is 21.4. The van der Waals surface area contributed by atoms with E-state index in [4.69, 9.17) is 11.2 Å². The number of aryl methyl sites for hydroxylation is 1. The van der Waals surface area contributed by atoms with Crippen molar-refractivity contribution in [1.82, 2.24) is 5.32 Å². The molecule has 1 fully saturated rings. The fraction of sp³-hybridized carbons (Fsp3) is 0.0952. The second-order valence-corrected chi connectivity index (χ2v) is 9.38. The molecule has 3 rings (SSSR count). The average molecular weight is 691 g/mol. The predicted octanol–water partition coefficient (Wildman–Crippen LogP) is 4.65. The maximum Gasteiger partial charge on any atom is 0.335 e. The number of imide groups is 2. The zero-order chi connectivity index (χ0) is 22.0. The van der Waals surface area contributed by atoms with E-state index >= 15 is 0 Å². The highest BCUT2D eigenvalue weighted by atomic mass is 127. The molecule has 2 aromatic rings. The van der Waals surface area contributed by atoms with Gasteiger partial charge >= 0.3 is 6.03 Å². The van der Waals surface area contributed by atoms with Gasteiger partial charge in [-0.25, -0.2) is 9.69 Å². The Hall–Kier alpha value is -1.91. The molecule has 9 heteroatoms. The first-order chi connectivity index (χ1) is 14.2. The smallest absolute Gasteiger partial charge is 0.335 e. The second-order valence-electron chi connectivity index (χ2n) is 6.20. The number of rotatable bonds is 4. The largest absolute Gasteiger partial charge is 0.479 e. The first-order valence-electron chi connectivity index (χ1n) is 8.46. The van der Waals surface area contributed by atoms with Crippen molar-refractivity contribution in [3.63, 3.8) is 0 Å². The van der Waals surface area contributed by atoms with Crippen LogP contribution in [0.25, 0.3) is 6.08 Å². The van der Waals surface area contributed by atoms with Crippen LogP contribution in [-0.4, -0.2) is 24.5 Å². The van der Waals surface area contributed by atoms with Crippen LogP contribution in [0.1, 0.15) is 11.1 Å². The molecule has 1 saturated heterocycles. The number of nitrogens with one attached hydrogen (secondary N) is 1. The van der Waals surface area contributed by atoms with Gasteiger partial charge in [-0.15, -0.1) is 6.42 Å². The normalized spacial score (nSPS) is 15.2. The molecule has 0 saturated carbocycles. The van der Waals surface area contributed by atoms with Crippen LogP contribution in [0.15, 0.2) is 40.4 Å². The van der Waals surface area contributed by atoms with Crippen LogP contribution in [0.4, 0.5) is 10.5 Å². The van der Waals surface area contributed by atoms with Gasteiger partial charge in [-0.1, -0.05) is 21.9 Å². The minimum Gasteiger partial charge on any atom is -0.479 e. The van der Waals surface area contributed by atoms with Crippen LogP contribution in [0.2, 0.25) is 0 Å². The number of carbonyl (C=O) groups is 3. The molecule has 1 heterocycles. The number of hydrogen-bond donors (Lipinski definition) is 1. The SMILES string of the molecule is C#CCOc1c(I)cc(/C=C2\C(=O)NC(=O)N(c3ccc(Br)c(C)c3)C2=O)cc1I. The second kappa shape index (κ2) is 9.49. The summed E-state index contributed by atoms with van der Waals surface area (Å²) in [6.45, 7) is 1.98. The number of amides is 4. The topological polar surface area (TPSA) is 75.7 Å². The lowest BCUT2D eigenvalue weighted by molar-refractivity contribution is -0.122. The summed E-state index contributed by atoms with van der Waals surface area (Å²) in [5.74, 6) is 1.62. The third-order valence-corrected chi connectivity index (χ3v) is 6.63. The lowest BCUT2D eigenvalue weighted by Crippen LogP contribution is -2.54. The number of carbonyl (C=O) groups excluding carboxylic acids is 3. The number of benzene rings is 2. The molecule has 0 radical (unpaired) electrons. The molecule has 1 aliphatic rings. The minimum absolute atomic E-state index is 0.136. The molecule has 0 atom stereocenters. The molecule has 1 N–H and O–H groups in total. The fourth-order valence-electron chi connectivity index (χ4n) is 2.74. The van der Waals surface area contributed by atoms with Crippen molar-refractivity contribution in [2.75, 3.05) is 11.5 Å². The zero-order valence-electron chi connectivity index (χ0n) is 15.5. The number of nitrogens with zero attached hydrogens (tertiary/aromatic N) is 1. The van der Waals surface area contributed by atoms with Crippen molar-refractivity contribution >= 4 is 90.7 Å². The number of anilines is 1. The number of ether oxygens (including phenoxy) is 1. The molecule has 1 aliphatic heterocycles. The van der Waals surface area contributed by atoms with Gasteiger partial charge in [0, 0.05) is 4.47 Å². The van der Waals surface area contributed by atoms with Gasteiger partial charge in [0.25, 0.3) is 11.8 Å². The maximum atomic E-state index is 13.0. The highest BCUT2D eigenvalue weighted by Crippen LogP contribution is 2.31. The summed E-state index contributed by atoms with van der Waals surface area (Å²) in [5.41, 5.74) is 1.71. The summed E-state index contributed by atoms with van der Waals surface area (Å²) in [6, 6.07) is 7.82. The summed E-state index contributed by atoms with van der Waals surface area (Å²) >= 11 is 7.59. The van der Waals surface area contributed by atoms with Gasteiger partial charge in [0.05, 0.1) is 12.8 Å². The molecule has 6 nitrogen and oxygen atoms in total. The molecule has 0 aromatic heterocycles.